The Bertz CT molecular complexity index is 1360. The highest BCUT2D eigenvalue weighted by atomic mass is 32.2. The Morgan fingerprint density at radius 1 is 0.952 bits per heavy atom. The summed E-state index contributed by atoms with van der Waals surface area (Å²) in [5.41, 5.74) is 4.37. The lowest BCUT2D eigenvalue weighted by Crippen LogP contribution is -2.65. The van der Waals surface area contributed by atoms with E-state index >= 15 is 0 Å². The molecule has 0 saturated carbocycles. The Balaban J connectivity index is 1.29. The van der Waals surface area contributed by atoms with Crippen LogP contribution in [0.2, 0.25) is 0 Å². The van der Waals surface area contributed by atoms with Crippen LogP contribution in [0.15, 0.2) is 78.9 Å². The lowest BCUT2D eigenvalue weighted by atomic mass is 9.86. The van der Waals surface area contributed by atoms with Gasteiger partial charge in [-0.3, -0.25) is 9.69 Å². The van der Waals surface area contributed by atoms with Gasteiger partial charge < -0.3 is 20.5 Å². The number of hydrogen-bond acceptors (Lipinski definition) is 6. The van der Waals surface area contributed by atoms with Crippen LogP contribution in [-0.4, -0.2) is 71.3 Å². The van der Waals surface area contributed by atoms with Crippen molar-refractivity contribution in [3.05, 3.63) is 95.6 Å². The smallest absolute Gasteiger partial charge is 0.408 e. The Morgan fingerprint density at radius 3 is 2.14 bits per heavy atom. The number of hydrogen-bond donors (Lipinski definition) is 3. The highest BCUT2D eigenvalue weighted by Gasteiger charge is 2.44. The van der Waals surface area contributed by atoms with Crippen molar-refractivity contribution in [1.82, 2.24) is 15.5 Å². The van der Waals surface area contributed by atoms with Crippen molar-refractivity contribution in [2.45, 2.75) is 43.3 Å². The van der Waals surface area contributed by atoms with E-state index in [2.05, 4.69) is 51.9 Å². The molecule has 42 heavy (non-hydrogen) atoms. The predicted molar refractivity (Wildman–Crippen MR) is 164 cm³/mol. The molecule has 9 heteroatoms. The molecule has 5 rings (SSSR count). The van der Waals surface area contributed by atoms with E-state index < -0.39 is 29.6 Å². The lowest BCUT2D eigenvalue weighted by Gasteiger charge is -2.41. The molecular weight excluding hydrogens is 550 g/mol. The van der Waals surface area contributed by atoms with Crippen molar-refractivity contribution in [1.29, 1.82) is 0 Å². The summed E-state index contributed by atoms with van der Waals surface area (Å²) in [5.74, 6) is -1.09. The average Bonchev–Trinajstić information content (AvgIpc) is 3.33. The Kier molecular flexibility index (Phi) is 9.49. The van der Waals surface area contributed by atoms with Crippen molar-refractivity contribution < 1.29 is 24.2 Å². The van der Waals surface area contributed by atoms with Gasteiger partial charge in [-0.1, -0.05) is 78.9 Å². The van der Waals surface area contributed by atoms with Crippen LogP contribution < -0.4 is 10.6 Å². The highest BCUT2D eigenvalue weighted by molar-refractivity contribution is 7.98. The summed E-state index contributed by atoms with van der Waals surface area (Å²) in [6, 6.07) is 25.3. The zero-order valence-electron chi connectivity index (χ0n) is 23.8. The topological polar surface area (TPSA) is 108 Å². The number of alkyl carbamates (subject to hydrolysis) is 1. The zero-order chi connectivity index (χ0) is 29.5. The Morgan fingerprint density at radius 2 is 1.55 bits per heavy atom. The van der Waals surface area contributed by atoms with Crippen LogP contribution in [0, 0.1) is 0 Å². The van der Waals surface area contributed by atoms with E-state index in [1.165, 1.54) is 17.3 Å². The fourth-order valence-electron chi connectivity index (χ4n) is 5.96. The van der Waals surface area contributed by atoms with Gasteiger partial charge in [0.05, 0.1) is 0 Å². The summed E-state index contributed by atoms with van der Waals surface area (Å²) < 4.78 is 5.79. The summed E-state index contributed by atoms with van der Waals surface area (Å²) in [6.07, 6.45) is 2.18. The molecule has 3 N–H and O–H groups in total. The fraction of sp³-hybridized carbons (Fsp3) is 0.364. The van der Waals surface area contributed by atoms with E-state index in [1.54, 1.807) is 0 Å². The molecule has 1 atom stereocenters. The van der Waals surface area contributed by atoms with Crippen LogP contribution in [0.3, 0.4) is 0 Å². The van der Waals surface area contributed by atoms with Crippen LogP contribution in [0.5, 0.6) is 0 Å². The van der Waals surface area contributed by atoms with Crippen LogP contribution in [0.1, 0.15) is 41.9 Å². The minimum Gasteiger partial charge on any atom is -0.480 e. The second-order valence-electron chi connectivity index (χ2n) is 10.9. The number of thioether (sulfide) groups is 1. The van der Waals surface area contributed by atoms with Crippen LogP contribution >= 0.6 is 11.8 Å². The van der Waals surface area contributed by atoms with Gasteiger partial charge in [0.1, 0.15) is 18.2 Å². The lowest BCUT2D eigenvalue weighted by molar-refractivity contribution is -0.143. The third kappa shape index (κ3) is 6.63. The summed E-state index contributed by atoms with van der Waals surface area (Å²) in [5, 5.41) is 15.3. The molecule has 0 unspecified atom stereocenters. The SMILES string of the molecule is CSCC[C@H](NC(=O)C1(NC(=O)OCC2c3ccccc3-c3ccccc32)CCN(Cc2ccccc2)CC1)C(=O)O. The maximum Gasteiger partial charge on any atom is 0.408 e. The molecule has 3 aromatic carbocycles. The number of carboxylic acid groups (broad SMARTS) is 1. The summed E-state index contributed by atoms with van der Waals surface area (Å²) in [6.45, 7) is 1.99. The van der Waals surface area contributed by atoms with E-state index in [0.717, 1.165) is 28.8 Å². The third-order valence-corrected chi connectivity index (χ3v) is 8.94. The van der Waals surface area contributed by atoms with Gasteiger partial charge in [-0.15, -0.1) is 0 Å². The number of likely N-dealkylation sites (tertiary alicyclic amines) is 1. The molecule has 1 aliphatic heterocycles. The quantitative estimate of drug-likeness (QED) is 0.293. The first kappa shape index (κ1) is 29.7. The standard InChI is InChI=1S/C33H37N3O5S/c1-42-20-15-29(30(37)38)34-31(39)33(16-18-36(19-17-33)21-23-9-3-2-4-10-23)35-32(40)41-22-28-26-13-7-5-11-24(26)25-12-6-8-14-27(25)28/h2-14,28-29H,15-22H2,1H3,(H,34,39)(H,35,40)(H,37,38)/t29-/m0/s1. The average molecular weight is 588 g/mol. The molecule has 2 aliphatic rings. The van der Waals surface area contributed by atoms with Gasteiger partial charge in [0.25, 0.3) is 0 Å². The van der Waals surface area contributed by atoms with Gasteiger partial charge in [-0.25, -0.2) is 9.59 Å². The first-order valence-corrected chi connectivity index (χ1v) is 15.7. The van der Waals surface area contributed by atoms with Crippen LogP contribution in [0.4, 0.5) is 4.79 Å². The van der Waals surface area contributed by atoms with Crippen LogP contribution in [0.25, 0.3) is 11.1 Å². The molecule has 1 aliphatic carbocycles. The number of piperidine rings is 1. The molecule has 0 aromatic heterocycles. The summed E-state index contributed by atoms with van der Waals surface area (Å²) in [4.78, 5) is 41.2. The van der Waals surface area contributed by atoms with Crippen molar-refractivity contribution in [3.63, 3.8) is 0 Å². The van der Waals surface area contributed by atoms with Crippen LogP contribution in [-0.2, 0) is 20.9 Å². The number of benzene rings is 3. The summed E-state index contributed by atoms with van der Waals surface area (Å²) in [7, 11) is 0. The van der Waals surface area contributed by atoms with Gasteiger partial charge in [0, 0.05) is 25.6 Å². The molecule has 1 fully saturated rings. The molecule has 0 spiro atoms. The molecule has 1 saturated heterocycles. The largest absolute Gasteiger partial charge is 0.480 e. The molecular formula is C33H37N3O5S. The number of nitrogens with zero attached hydrogens (tertiary/aromatic N) is 1. The van der Waals surface area contributed by atoms with E-state index in [-0.39, 0.29) is 12.5 Å². The molecule has 1 heterocycles. The Hall–Kier alpha value is -3.82. The van der Waals surface area contributed by atoms with E-state index in [1.807, 2.05) is 48.7 Å². The van der Waals surface area contributed by atoms with E-state index in [4.69, 9.17) is 4.74 Å². The Labute approximate surface area is 250 Å². The number of aliphatic carboxylic acids is 1. The zero-order valence-corrected chi connectivity index (χ0v) is 24.6. The number of carbonyl (C=O) groups is 3. The molecule has 3 aromatic rings. The fourth-order valence-corrected chi connectivity index (χ4v) is 6.43. The van der Waals surface area contributed by atoms with Crippen molar-refractivity contribution >= 4 is 29.7 Å². The van der Waals surface area contributed by atoms with Gasteiger partial charge in [0.2, 0.25) is 5.91 Å². The maximum atomic E-state index is 13.7. The van der Waals surface area contributed by atoms with Crippen molar-refractivity contribution in [2.75, 3.05) is 31.7 Å². The first-order valence-electron chi connectivity index (χ1n) is 14.3. The second kappa shape index (κ2) is 13.4. The number of fused-ring (bicyclic) bond motifs is 3. The van der Waals surface area contributed by atoms with E-state index in [0.29, 0.717) is 38.1 Å². The van der Waals surface area contributed by atoms with Gasteiger partial charge in [-0.2, -0.15) is 11.8 Å². The molecule has 0 radical (unpaired) electrons. The van der Waals surface area contributed by atoms with Gasteiger partial charge in [0.15, 0.2) is 0 Å². The minimum absolute atomic E-state index is 0.108. The normalized spacial score (nSPS) is 16.6. The van der Waals surface area contributed by atoms with E-state index in [9.17, 15) is 19.5 Å². The van der Waals surface area contributed by atoms with Crippen molar-refractivity contribution in [2.24, 2.45) is 0 Å². The third-order valence-electron chi connectivity index (χ3n) is 8.29. The number of carbonyl (C=O) groups excluding carboxylic acids is 2. The summed E-state index contributed by atoms with van der Waals surface area (Å²) >= 11 is 1.52. The number of rotatable bonds is 11. The molecule has 220 valence electrons. The first-order chi connectivity index (χ1) is 20.4. The monoisotopic (exact) mass is 587 g/mol. The highest BCUT2D eigenvalue weighted by Crippen LogP contribution is 2.44. The molecule has 8 nitrogen and oxygen atoms in total. The maximum absolute atomic E-state index is 13.7. The minimum atomic E-state index is -1.27. The number of ether oxygens (including phenoxy) is 1. The predicted octanol–water partition coefficient (Wildman–Crippen LogP) is 4.88. The number of amides is 2. The molecule has 0 bridgehead atoms. The van der Waals surface area contributed by atoms with Gasteiger partial charge >= 0.3 is 12.1 Å². The number of nitrogens with one attached hydrogen (secondary N) is 2. The number of carboxylic acids is 1. The second-order valence-corrected chi connectivity index (χ2v) is 11.9. The molecule has 2 amide bonds. The van der Waals surface area contributed by atoms with Crippen molar-refractivity contribution in [3.8, 4) is 11.1 Å². The van der Waals surface area contributed by atoms with Gasteiger partial charge in [-0.05, 0) is 59.1 Å².